The molecule has 5 nitrogen and oxygen atoms in total. The summed E-state index contributed by atoms with van der Waals surface area (Å²) in [6.45, 7) is 2.79. The fourth-order valence-electron chi connectivity index (χ4n) is 1.73. The summed E-state index contributed by atoms with van der Waals surface area (Å²) in [4.78, 5) is 0. The van der Waals surface area contributed by atoms with Crippen molar-refractivity contribution >= 4 is 5.82 Å². The SMILES string of the molecule is CCNc1ccc(-c2cc(C#N)ccc2OC)nn1. The molecule has 0 amide bonds. The zero-order valence-electron chi connectivity index (χ0n) is 10.8. The van der Waals surface area contributed by atoms with Crippen molar-refractivity contribution < 1.29 is 4.74 Å². The Morgan fingerprint density at radius 2 is 2.11 bits per heavy atom. The molecule has 0 saturated heterocycles. The highest BCUT2D eigenvalue weighted by Gasteiger charge is 2.09. The van der Waals surface area contributed by atoms with Crippen LogP contribution in [0.15, 0.2) is 30.3 Å². The molecule has 1 heterocycles. The van der Waals surface area contributed by atoms with Crippen molar-refractivity contribution in [2.45, 2.75) is 6.92 Å². The van der Waals surface area contributed by atoms with Crippen LogP contribution in [0.2, 0.25) is 0 Å². The third-order valence-corrected chi connectivity index (χ3v) is 2.63. The third kappa shape index (κ3) is 2.80. The van der Waals surface area contributed by atoms with Gasteiger partial charge in [-0.1, -0.05) is 0 Å². The largest absolute Gasteiger partial charge is 0.496 e. The summed E-state index contributed by atoms with van der Waals surface area (Å²) in [5, 5.41) is 20.3. The van der Waals surface area contributed by atoms with Crippen LogP contribution in [0.5, 0.6) is 5.75 Å². The summed E-state index contributed by atoms with van der Waals surface area (Å²) in [7, 11) is 1.59. The first-order chi connectivity index (χ1) is 9.28. The number of benzene rings is 1. The highest BCUT2D eigenvalue weighted by Crippen LogP contribution is 2.29. The van der Waals surface area contributed by atoms with E-state index in [0.29, 0.717) is 17.0 Å². The lowest BCUT2D eigenvalue weighted by atomic mass is 10.1. The number of nitriles is 1. The van der Waals surface area contributed by atoms with E-state index in [1.54, 1.807) is 25.3 Å². The van der Waals surface area contributed by atoms with Gasteiger partial charge in [0, 0.05) is 12.1 Å². The van der Waals surface area contributed by atoms with Gasteiger partial charge in [-0.15, -0.1) is 10.2 Å². The number of nitrogens with zero attached hydrogens (tertiary/aromatic N) is 3. The van der Waals surface area contributed by atoms with E-state index in [-0.39, 0.29) is 0 Å². The van der Waals surface area contributed by atoms with Crippen molar-refractivity contribution in [2.75, 3.05) is 19.0 Å². The number of hydrogen-bond acceptors (Lipinski definition) is 5. The number of ether oxygens (including phenoxy) is 1. The Bertz CT molecular complexity index is 602. The van der Waals surface area contributed by atoms with Gasteiger partial charge in [-0.2, -0.15) is 5.26 Å². The first-order valence-electron chi connectivity index (χ1n) is 5.94. The van der Waals surface area contributed by atoms with Crippen molar-refractivity contribution in [3.63, 3.8) is 0 Å². The molecule has 96 valence electrons. The van der Waals surface area contributed by atoms with Crippen LogP contribution >= 0.6 is 0 Å². The Balaban J connectivity index is 2.42. The molecule has 0 aliphatic heterocycles. The Kier molecular flexibility index (Phi) is 3.94. The minimum atomic E-state index is 0.563. The zero-order valence-corrected chi connectivity index (χ0v) is 10.8. The molecule has 0 bridgehead atoms. The van der Waals surface area contributed by atoms with E-state index in [1.165, 1.54) is 0 Å². The van der Waals surface area contributed by atoms with Crippen molar-refractivity contribution in [1.82, 2.24) is 10.2 Å². The van der Waals surface area contributed by atoms with Crippen LogP contribution in [0.25, 0.3) is 11.3 Å². The molecule has 1 aromatic carbocycles. The molecule has 5 heteroatoms. The fourth-order valence-corrected chi connectivity index (χ4v) is 1.73. The zero-order chi connectivity index (χ0) is 13.7. The van der Waals surface area contributed by atoms with Gasteiger partial charge in [-0.25, -0.2) is 0 Å². The highest BCUT2D eigenvalue weighted by atomic mass is 16.5. The van der Waals surface area contributed by atoms with Gasteiger partial charge in [0.25, 0.3) is 0 Å². The molecular weight excluding hydrogens is 240 g/mol. The predicted molar refractivity (Wildman–Crippen MR) is 72.9 cm³/mol. The van der Waals surface area contributed by atoms with Gasteiger partial charge in [0.1, 0.15) is 11.6 Å². The van der Waals surface area contributed by atoms with Gasteiger partial charge < -0.3 is 10.1 Å². The van der Waals surface area contributed by atoms with Crippen LogP contribution in [0.1, 0.15) is 12.5 Å². The van der Waals surface area contributed by atoms with Crippen molar-refractivity contribution in [1.29, 1.82) is 5.26 Å². The number of hydrogen-bond donors (Lipinski definition) is 1. The van der Waals surface area contributed by atoms with Crippen LogP contribution in [0, 0.1) is 11.3 Å². The Morgan fingerprint density at radius 3 is 2.68 bits per heavy atom. The first kappa shape index (κ1) is 12.8. The van der Waals surface area contributed by atoms with Gasteiger partial charge in [-0.05, 0) is 37.3 Å². The molecule has 2 rings (SSSR count). The van der Waals surface area contributed by atoms with Gasteiger partial charge >= 0.3 is 0 Å². The van der Waals surface area contributed by atoms with Gasteiger partial charge in [0.05, 0.1) is 24.4 Å². The van der Waals surface area contributed by atoms with Gasteiger partial charge in [0.2, 0.25) is 0 Å². The van der Waals surface area contributed by atoms with E-state index in [0.717, 1.165) is 17.9 Å². The smallest absolute Gasteiger partial charge is 0.148 e. The molecule has 19 heavy (non-hydrogen) atoms. The summed E-state index contributed by atoms with van der Waals surface area (Å²) in [6, 6.07) is 11.0. The highest BCUT2D eigenvalue weighted by molar-refractivity contribution is 5.69. The molecule has 0 aliphatic rings. The van der Waals surface area contributed by atoms with Gasteiger partial charge in [-0.3, -0.25) is 0 Å². The molecule has 0 saturated carbocycles. The molecular formula is C14H14N4O. The number of aromatic nitrogens is 2. The quantitative estimate of drug-likeness (QED) is 0.907. The Labute approximate surface area is 111 Å². The summed E-state index contributed by atoms with van der Waals surface area (Å²) in [6.07, 6.45) is 0. The topological polar surface area (TPSA) is 70.8 Å². The van der Waals surface area contributed by atoms with Crippen molar-refractivity contribution in [3.05, 3.63) is 35.9 Å². The summed E-state index contributed by atoms with van der Waals surface area (Å²) >= 11 is 0. The normalized spacial score (nSPS) is 9.74. The van der Waals surface area contributed by atoms with Crippen LogP contribution < -0.4 is 10.1 Å². The molecule has 1 N–H and O–H groups in total. The van der Waals surface area contributed by atoms with Crippen molar-refractivity contribution in [2.24, 2.45) is 0 Å². The van der Waals surface area contributed by atoms with E-state index in [1.807, 2.05) is 19.1 Å². The van der Waals surface area contributed by atoms with Crippen LogP contribution in [-0.2, 0) is 0 Å². The summed E-state index contributed by atoms with van der Waals surface area (Å²) < 4.78 is 5.28. The second-order valence-electron chi connectivity index (χ2n) is 3.86. The molecule has 2 aromatic rings. The van der Waals surface area contributed by atoms with Crippen molar-refractivity contribution in [3.8, 4) is 23.1 Å². The maximum atomic E-state index is 8.95. The lowest BCUT2D eigenvalue weighted by molar-refractivity contribution is 0.416. The monoisotopic (exact) mass is 254 g/mol. The molecule has 0 fully saturated rings. The number of nitrogens with one attached hydrogen (secondary N) is 1. The number of rotatable bonds is 4. The second-order valence-corrected chi connectivity index (χ2v) is 3.86. The summed E-state index contributed by atoms with van der Waals surface area (Å²) in [5.41, 5.74) is 2.00. The maximum Gasteiger partial charge on any atom is 0.148 e. The third-order valence-electron chi connectivity index (χ3n) is 2.63. The first-order valence-corrected chi connectivity index (χ1v) is 5.94. The molecule has 1 aromatic heterocycles. The Morgan fingerprint density at radius 1 is 1.26 bits per heavy atom. The molecule has 0 aliphatic carbocycles. The molecule has 0 radical (unpaired) electrons. The number of anilines is 1. The maximum absolute atomic E-state index is 8.95. The molecule has 0 unspecified atom stereocenters. The van der Waals surface area contributed by atoms with E-state index >= 15 is 0 Å². The lowest BCUT2D eigenvalue weighted by Gasteiger charge is -2.08. The lowest BCUT2D eigenvalue weighted by Crippen LogP contribution is -2.01. The minimum Gasteiger partial charge on any atom is -0.496 e. The van der Waals surface area contributed by atoms with Gasteiger partial charge in [0.15, 0.2) is 0 Å². The minimum absolute atomic E-state index is 0.563. The van der Waals surface area contributed by atoms with Crippen LogP contribution in [0.4, 0.5) is 5.82 Å². The standard InChI is InChI=1S/C14H14N4O/c1-3-16-14-7-5-12(17-18-14)11-8-10(9-15)4-6-13(11)19-2/h4-8H,3H2,1-2H3,(H,16,18). The molecule has 0 atom stereocenters. The van der Waals surface area contributed by atoms with E-state index in [9.17, 15) is 0 Å². The average molecular weight is 254 g/mol. The van der Waals surface area contributed by atoms with E-state index < -0.39 is 0 Å². The van der Waals surface area contributed by atoms with E-state index in [4.69, 9.17) is 10.00 Å². The Hall–Kier alpha value is -2.61. The van der Waals surface area contributed by atoms with Crippen LogP contribution in [0.3, 0.4) is 0 Å². The van der Waals surface area contributed by atoms with E-state index in [2.05, 4.69) is 21.6 Å². The molecule has 0 spiro atoms. The average Bonchev–Trinajstić information content (AvgIpc) is 2.47. The fraction of sp³-hybridized carbons (Fsp3) is 0.214. The van der Waals surface area contributed by atoms with Crippen LogP contribution in [-0.4, -0.2) is 23.9 Å². The predicted octanol–water partition coefficient (Wildman–Crippen LogP) is 2.46. The summed E-state index contributed by atoms with van der Waals surface area (Å²) in [5.74, 6) is 1.39. The number of methoxy groups -OCH3 is 1. The second kappa shape index (κ2) is 5.83.